The van der Waals surface area contributed by atoms with E-state index in [9.17, 15) is 4.79 Å². The molecule has 0 spiro atoms. The quantitative estimate of drug-likeness (QED) is 0.746. The van der Waals surface area contributed by atoms with Crippen molar-refractivity contribution in [1.82, 2.24) is 0 Å². The van der Waals surface area contributed by atoms with Crippen LogP contribution in [0, 0.1) is 6.92 Å². The lowest BCUT2D eigenvalue weighted by atomic mass is 10.1. The second kappa shape index (κ2) is 6.78. The fourth-order valence-corrected chi connectivity index (χ4v) is 2.21. The highest BCUT2D eigenvalue weighted by Crippen LogP contribution is 2.32. The first-order valence-corrected chi connectivity index (χ1v) is 7.28. The molecule has 2 aromatic carbocycles. The highest BCUT2D eigenvalue weighted by atomic mass is 79.9. The standard InChI is InChI=1S/C16H12BrClO3/c1-10-9-11(5-7-13(10)17)21-15-4-2-3-14(18)12(15)6-8-16(19)20/h2-9H,1H3,(H,19,20)/b8-6+. The third kappa shape index (κ3) is 4.09. The molecule has 0 aromatic heterocycles. The van der Waals surface area contributed by atoms with E-state index in [0.717, 1.165) is 16.1 Å². The molecule has 0 heterocycles. The zero-order chi connectivity index (χ0) is 15.4. The van der Waals surface area contributed by atoms with Crippen molar-refractivity contribution in [2.24, 2.45) is 0 Å². The van der Waals surface area contributed by atoms with E-state index in [2.05, 4.69) is 15.9 Å². The molecule has 2 rings (SSSR count). The molecule has 5 heteroatoms. The van der Waals surface area contributed by atoms with E-state index in [1.165, 1.54) is 6.08 Å². The van der Waals surface area contributed by atoms with Gasteiger partial charge in [0.2, 0.25) is 0 Å². The van der Waals surface area contributed by atoms with E-state index in [0.29, 0.717) is 22.1 Å². The number of halogens is 2. The van der Waals surface area contributed by atoms with Crippen molar-refractivity contribution < 1.29 is 14.6 Å². The lowest BCUT2D eigenvalue weighted by molar-refractivity contribution is -0.131. The molecule has 0 aliphatic heterocycles. The predicted molar refractivity (Wildman–Crippen MR) is 87.1 cm³/mol. The van der Waals surface area contributed by atoms with Gasteiger partial charge in [-0.3, -0.25) is 0 Å². The highest BCUT2D eigenvalue weighted by molar-refractivity contribution is 9.10. The fourth-order valence-electron chi connectivity index (χ4n) is 1.73. The molecule has 0 saturated carbocycles. The number of hydrogen-bond donors (Lipinski definition) is 1. The number of aliphatic carboxylic acids is 1. The Morgan fingerprint density at radius 2 is 2.10 bits per heavy atom. The number of aryl methyl sites for hydroxylation is 1. The summed E-state index contributed by atoms with van der Waals surface area (Å²) in [7, 11) is 0. The van der Waals surface area contributed by atoms with Crippen LogP contribution in [0.4, 0.5) is 0 Å². The Morgan fingerprint density at radius 1 is 1.33 bits per heavy atom. The van der Waals surface area contributed by atoms with Gasteiger partial charge >= 0.3 is 5.97 Å². The zero-order valence-corrected chi connectivity index (χ0v) is 13.5. The average Bonchev–Trinajstić information content (AvgIpc) is 2.42. The van der Waals surface area contributed by atoms with Crippen LogP contribution in [0.2, 0.25) is 5.02 Å². The minimum atomic E-state index is -1.04. The fraction of sp³-hybridized carbons (Fsp3) is 0.0625. The molecule has 0 atom stereocenters. The SMILES string of the molecule is Cc1cc(Oc2cccc(Cl)c2/C=C/C(=O)O)ccc1Br. The summed E-state index contributed by atoms with van der Waals surface area (Å²) in [5.74, 6) is 0.116. The molecule has 0 aliphatic carbocycles. The normalized spacial score (nSPS) is 10.8. The Bertz CT molecular complexity index is 711. The maximum atomic E-state index is 10.7. The van der Waals surface area contributed by atoms with Crippen LogP contribution in [0.15, 0.2) is 46.9 Å². The molecule has 2 aromatic rings. The Balaban J connectivity index is 2.37. The van der Waals surface area contributed by atoms with Crippen LogP contribution in [-0.2, 0) is 4.79 Å². The minimum absolute atomic E-state index is 0.429. The summed E-state index contributed by atoms with van der Waals surface area (Å²) in [6, 6.07) is 10.8. The zero-order valence-electron chi connectivity index (χ0n) is 11.1. The number of carbonyl (C=O) groups is 1. The first kappa shape index (κ1) is 15.6. The number of rotatable bonds is 4. The van der Waals surface area contributed by atoms with Crippen LogP contribution >= 0.6 is 27.5 Å². The van der Waals surface area contributed by atoms with E-state index in [4.69, 9.17) is 21.4 Å². The predicted octanol–water partition coefficient (Wildman–Crippen LogP) is 5.30. The lowest BCUT2D eigenvalue weighted by Gasteiger charge is -2.11. The van der Waals surface area contributed by atoms with Crippen molar-refractivity contribution >= 4 is 39.6 Å². The number of benzene rings is 2. The van der Waals surface area contributed by atoms with E-state index < -0.39 is 5.97 Å². The van der Waals surface area contributed by atoms with E-state index in [1.54, 1.807) is 18.2 Å². The van der Waals surface area contributed by atoms with Gasteiger partial charge in [-0.25, -0.2) is 4.79 Å². The Morgan fingerprint density at radius 3 is 2.76 bits per heavy atom. The molecule has 0 amide bonds. The summed E-state index contributed by atoms with van der Waals surface area (Å²) >= 11 is 9.53. The molecule has 21 heavy (non-hydrogen) atoms. The van der Waals surface area contributed by atoms with Gasteiger partial charge in [-0.05, 0) is 48.9 Å². The van der Waals surface area contributed by atoms with Crippen LogP contribution in [0.5, 0.6) is 11.5 Å². The monoisotopic (exact) mass is 366 g/mol. The van der Waals surface area contributed by atoms with Gasteiger partial charge in [-0.2, -0.15) is 0 Å². The highest BCUT2D eigenvalue weighted by Gasteiger charge is 2.08. The summed E-state index contributed by atoms with van der Waals surface area (Å²) in [5, 5.41) is 9.17. The third-order valence-electron chi connectivity index (χ3n) is 2.76. The number of hydrogen-bond acceptors (Lipinski definition) is 2. The van der Waals surface area contributed by atoms with Crippen molar-refractivity contribution in [1.29, 1.82) is 0 Å². The molecule has 0 fully saturated rings. The summed E-state index contributed by atoms with van der Waals surface area (Å²) < 4.78 is 6.80. The van der Waals surface area contributed by atoms with Gasteiger partial charge in [0.05, 0.1) is 5.02 Å². The second-order valence-electron chi connectivity index (χ2n) is 4.34. The second-order valence-corrected chi connectivity index (χ2v) is 5.60. The lowest BCUT2D eigenvalue weighted by Crippen LogP contribution is -1.91. The Hall–Kier alpha value is -1.78. The maximum Gasteiger partial charge on any atom is 0.328 e. The minimum Gasteiger partial charge on any atom is -0.478 e. The van der Waals surface area contributed by atoms with Gasteiger partial charge in [0, 0.05) is 16.1 Å². The summed E-state index contributed by atoms with van der Waals surface area (Å²) in [6.45, 7) is 1.96. The van der Waals surface area contributed by atoms with Gasteiger partial charge in [-0.15, -0.1) is 0 Å². The number of carboxylic acids is 1. The van der Waals surface area contributed by atoms with Crippen LogP contribution in [0.1, 0.15) is 11.1 Å². The Kier molecular flexibility index (Phi) is 5.04. The van der Waals surface area contributed by atoms with Crippen molar-refractivity contribution in [3.8, 4) is 11.5 Å². The molecule has 0 saturated heterocycles. The third-order valence-corrected chi connectivity index (χ3v) is 3.98. The smallest absolute Gasteiger partial charge is 0.328 e. The van der Waals surface area contributed by atoms with Gasteiger partial charge in [-0.1, -0.05) is 33.6 Å². The van der Waals surface area contributed by atoms with Crippen LogP contribution < -0.4 is 4.74 Å². The van der Waals surface area contributed by atoms with Crippen molar-refractivity contribution in [3.63, 3.8) is 0 Å². The van der Waals surface area contributed by atoms with E-state index >= 15 is 0 Å². The molecule has 108 valence electrons. The molecular formula is C16H12BrClO3. The molecular weight excluding hydrogens is 356 g/mol. The van der Waals surface area contributed by atoms with Crippen molar-refractivity contribution in [3.05, 3.63) is 63.1 Å². The van der Waals surface area contributed by atoms with E-state index in [1.807, 2.05) is 25.1 Å². The van der Waals surface area contributed by atoms with Crippen molar-refractivity contribution in [2.45, 2.75) is 6.92 Å². The molecule has 1 N–H and O–H groups in total. The first-order valence-electron chi connectivity index (χ1n) is 6.11. The topological polar surface area (TPSA) is 46.5 Å². The van der Waals surface area contributed by atoms with Gasteiger partial charge in [0.15, 0.2) is 0 Å². The molecule has 0 radical (unpaired) electrons. The maximum absolute atomic E-state index is 10.7. The summed E-state index contributed by atoms with van der Waals surface area (Å²) in [6.07, 6.45) is 2.45. The van der Waals surface area contributed by atoms with Crippen LogP contribution in [-0.4, -0.2) is 11.1 Å². The van der Waals surface area contributed by atoms with Gasteiger partial charge < -0.3 is 9.84 Å². The molecule has 0 aliphatic rings. The molecule has 0 unspecified atom stereocenters. The molecule has 0 bridgehead atoms. The van der Waals surface area contributed by atoms with Gasteiger partial charge in [0.25, 0.3) is 0 Å². The Labute approximate surface area is 135 Å². The van der Waals surface area contributed by atoms with E-state index in [-0.39, 0.29) is 0 Å². The van der Waals surface area contributed by atoms with Crippen LogP contribution in [0.3, 0.4) is 0 Å². The largest absolute Gasteiger partial charge is 0.478 e. The number of carboxylic acid groups (broad SMARTS) is 1. The van der Waals surface area contributed by atoms with Crippen molar-refractivity contribution in [2.75, 3.05) is 0 Å². The number of ether oxygens (including phenoxy) is 1. The summed E-state index contributed by atoms with van der Waals surface area (Å²) in [5.41, 5.74) is 1.57. The molecule has 3 nitrogen and oxygen atoms in total. The summed E-state index contributed by atoms with van der Waals surface area (Å²) in [4.78, 5) is 10.7. The van der Waals surface area contributed by atoms with Gasteiger partial charge in [0.1, 0.15) is 11.5 Å². The first-order chi connectivity index (χ1) is 9.97. The van der Waals surface area contributed by atoms with Crippen LogP contribution in [0.25, 0.3) is 6.08 Å². The average molecular weight is 368 g/mol.